The van der Waals surface area contributed by atoms with Crippen molar-refractivity contribution in [2.45, 2.75) is 13.0 Å². The van der Waals surface area contributed by atoms with Crippen molar-refractivity contribution >= 4 is 27.7 Å². The second-order valence-electron chi connectivity index (χ2n) is 6.96. The van der Waals surface area contributed by atoms with E-state index in [-0.39, 0.29) is 11.9 Å². The molecular weight excluding hydrogens is 374 g/mol. The Morgan fingerprint density at radius 3 is 2.21 bits per heavy atom. The Kier molecular flexibility index (Phi) is 7.37. The number of rotatable bonds is 8. The Labute approximate surface area is 167 Å². The van der Waals surface area contributed by atoms with Crippen molar-refractivity contribution in [1.29, 1.82) is 0 Å². The fourth-order valence-corrected chi connectivity index (χ4v) is 3.26. The predicted molar refractivity (Wildman–Crippen MR) is 115 cm³/mol. The first-order valence-electron chi connectivity index (χ1n) is 8.91. The van der Waals surface area contributed by atoms with Crippen molar-refractivity contribution in [1.82, 2.24) is 10.2 Å². The smallest absolute Gasteiger partial charge is 0.244 e. The quantitative estimate of drug-likeness (QED) is 0.667. The molecule has 0 aliphatic heterocycles. The van der Waals surface area contributed by atoms with Gasteiger partial charge < -0.3 is 10.2 Å². The van der Waals surface area contributed by atoms with Gasteiger partial charge in [-0.25, -0.2) is 8.42 Å². The van der Waals surface area contributed by atoms with Gasteiger partial charge in [-0.15, -0.1) is 0 Å². The predicted octanol–water partition coefficient (Wildman–Crippen LogP) is 2.80. The number of hydrogen-bond acceptors (Lipinski definition) is 4. The Bertz CT molecular complexity index is 918. The summed E-state index contributed by atoms with van der Waals surface area (Å²) >= 11 is 0. The minimum atomic E-state index is -3.30. The lowest BCUT2D eigenvalue weighted by atomic mass is 10.0. The van der Waals surface area contributed by atoms with E-state index in [9.17, 15) is 13.2 Å². The maximum absolute atomic E-state index is 12.2. The molecule has 0 spiro atoms. The Balaban J connectivity index is 1.94. The van der Waals surface area contributed by atoms with E-state index in [1.807, 2.05) is 21.0 Å². The molecule has 2 aromatic carbocycles. The summed E-state index contributed by atoms with van der Waals surface area (Å²) < 4.78 is 24.8. The molecule has 2 aromatic rings. The number of likely N-dealkylation sites (N-methyl/N-ethyl adjacent to an activating group) is 1. The van der Waals surface area contributed by atoms with E-state index in [2.05, 4.69) is 39.2 Å². The molecule has 28 heavy (non-hydrogen) atoms. The van der Waals surface area contributed by atoms with Gasteiger partial charge in [0.2, 0.25) is 15.9 Å². The summed E-state index contributed by atoms with van der Waals surface area (Å²) in [5.41, 5.74) is 3.63. The zero-order chi connectivity index (χ0) is 20.7. The van der Waals surface area contributed by atoms with Crippen LogP contribution in [-0.4, -0.2) is 46.1 Å². The second kappa shape index (κ2) is 9.52. The number of carbonyl (C=O) groups is 1. The lowest BCUT2D eigenvalue weighted by Gasteiger charge is -2.25. The van der Waals surface area contributed by atoms with Crippen LogP contribution in [0.3, 0.4) is 0 Å². The van der Waals surface area contributed by atoms with Crippen molar-refractivity contribution in [3.8, 4) is 0 Å². The highest BCUT2D eigenvalue weighted by molar-refractivity contribution is 7.92. The number of aryl methyl sites for hydroxylation is 1. The van der Waals surface area contributed by atoms with Gasteiger partial charge in [0.1, 0.15) is 0 Å². The normalized spacial score (nSPS) is 12.9. The van der Waals surface area contributed by atoms with Crippen LogP contribution in [0.4, 0.5) is 5.69 Å². The molecule has 0 aliphatic rings. The molecule has 1 amide bonds. The van der Waals surface area contributed by atoms with Crippen LogP contribution in [0.2, 0.25) is 0 Å². The summed E-state index contributed by atoms with van der Waals surface area (Å²) in [5, 5.41) is 2.93. The first kappa shape index (κ1) is 21.7. The first-order chi connectivity index (χ1) is 13.1. The summed E-state index contributed by atoms with van der Waals surface area (Å²) in [6.45, 7) is 2.54. The molecule has 7 heteroatoms. The zero-order valence-corrected chi connectivity index (χ0v) is 17.5. The van der Waals surface area contributed by atoms with E-state index < -0.39 is 10.0 Å². The number of amides is 1. The van der Waals surface area contributed by atoms with Gasteiger partial charge in [-0.2, -0.15) is 0 Å². The summed E-state index contributed by atoms with van der Waals surface area (Å²) in [5.74, 6) is -0.183. The molecule has 0 bridgehead atoms. The van der Waals surface area contributed by atoms with Gasteiger partial charge in [0.05, 0.1) is 12.3 Å². The minimum absolute atomic E-state index is 0.0827. The molecule has 0 fully saturated rings. The van der Waals surface area contributed by atoms with E-state index in [1.54, 1.807) is 30.3 Å². The molecule has 0 radical (unpaired) electrons. The molecule has 1 unspecified atom stereocenters. The number of nitrogens with zero attached hydrogens (tertiary/aromatic N) is 1. The lowest BCUT2D eigenvalue weighted by molar-refractivity contribution is -0.116. The molecule has 0 aromatic heterocycles. The molecular formula is C21H27N3O3S. The standard InChI is InChI=1S/C21H27N3O3S/c1-16-5-10-18(11-6-16)20(24(2)3)15-22-21(25)14-9-17-7-12-19(13-8-17)23-28(4,26)27/h5-14,20,23H,15H2,1-4H3,(H,22,25)/b14-9+. The van der Waals surface area contributed by atoms with Gasteiger partial charge in [0.15, 0.2) is 0 Å². The van der Waals surface area contributed by atoms with Crippen LogP contribution in [0.25, 0.3) is 6.08 Å². The molecule has 0 saturated heterocycles. The van der Waals surface area contributed by atoms with Crippen molar-refractivity contribution in [2.24, 2.45) is 0 Å². The van der Waals surface area contributed by atoms with Crippen LogP contribution in [0.5, 0.6) is 0 Å². The van der Waals surface area contributed by atoms with Crippen LogP contribution >= 0.6 is 0 Å². The van der Waals surface area contributed by atoms with Gasteiger partial charge in [-0.1, -0.05) is 42.0 Å². The fourth-order valence-electron chi connectivity index (χ4n) is 2.69. The van der Waals surface area contributed by atoms with Gasteiger partial charge in [-0.3, -0.25) is 9.52 Å². The Hall–Kier alpha value is -2.64. The van der Waals surface area contributed by atoms with Crippen molar-refractivity contribution < 1.29 is 13.2 Å². The first-order valence-corrected chi connectivity index (χ1v) is 10.8. The van der Waals surface area contributed by atoms with Gasteiger partial charge in [0.25, 0.3) is 0 Å². The second-order valence-corrected chi connectivity index (χ2v) is 8.71. The van der Waals surface area contributed by atoms with E-state index in [0.29, 0.717) is 12.2 Å². The highest BCUT2D eigenvalue weighted by Crippen LogP contribution is 2.18. The minimum Gasteiger partial charge on any atom is -0.351 e. The molecule has 6 nitrogen and oxygen atoms in total. The van der Waals surface area contributed by atoms with Crippen molar-refractivity contribution in [3.05, 3.63) is 71.3 Å². The molecule has 2 N–H and O–H groups in total. The third-order valence-electron chi connectivity index (χ3n) is 4.20. The SMILES string of the molecule is Cc1ccc(C(CNC(=O)/C=C/c2ccc(NS(C)(=O)=O)cc2)N(C)C)cc1. The van der Waals surface area contributed by atoms with Crippen LogP contribution in [0.1, 0.15) is 22.7 Å². The Morgan fingerprint density at radius 1 is 1.07 bits per heavy atom. The number of hydrogen-bond donors (Lipinski definition) is 2. The van der Waals surface area contributed by atoms with E-state index in [1.165, 1.54) is 11.6 Å². The molecule has 2 rings (SSSR count). The third-order valence-corrected chi connectivity index (χ3v) is 4.80. The average molecular weight is 402 g/mol. The van der Waals surface area contributed by atoms with Crippen molar-refractivity contribution in [2.75, 3.05) is 31.6 Å². The van der Waals surface area contributed by atoms with Crippen LogP contribution < -0.4 is 10.0 Å². The molecule has 0 saturated carbocycles. The topological polar surface area (TPSA) is 78.5 Å². The number of carbonyl (C=O) groups excluding carboxylic acids is 1. The number of nitrogens with one attached hydrogen (secondary N) is 2. The Morgan fingerprint density at radius 2 is 1.68 bits per heavy atom. The van der Waals surface area contributed by atoms with Gasteiger partial charge in [-0.05, 0) is 50.4 Å². The molecule has 1 atom stereocenters. The monoisotopic (exact) mass is 401 g/mol. The summed E-state index contributed by atoms with van der Waals surface area (Å²) in [4.78, 5) is 14.2. The zero-order valence-electron chi connectivity index (χ0n) is 16.6. The van der Waals surface area contributed by atoms with Crippen LogP contribution in [0.15, 0.2) is 54.6 Å². The molecule has 0 heterocycles. The third kappa shape index (κ3) is 7.17. The van der Waals surface area contributed by atoms with Gasteiger partial charge >= 0.3 is 0 Å². The van der Waals surface area contributed by atoms with Crippen LogP contribution in [0, 0.1) is 6.92 Å². The van der Waals surface area contributed by atoms with E-state index in [0.717, 1.165) is 17.4 Å². The number of anilines is 1. The highest BCUT2D eigenvalue weighted by atomic mass is 32.2. The maximum atomic E-state index is 12.2. The largest absolute Gasteiger partial charge is 0.351 e. The van der Waals surface area contributed by atoms with Gasteiger partial charge in [0, 0.05) is 18.3 Å². The summed E-state index contributed by atoms with van der Waals surface area (Å²) in [7, 11) is 0.670. The van der Waals surface area contributed by atoms with Crippen molar-refractivity contribution in [3.63, 3.8) is 0 Å². The lowest BCUT2D eigenvalue weighted by Crippen LogP contribution is -2.33. The summed E-state index contributed by atoms with van der Waals surface area (Å²) in [6.07, 6.45) is 4.26. The van der Waals surface area contributed by atoms with E-state index >= 15 is 0 Å². The number of sulfonamides is 1. The summed E-state index contributed by atoms with van der Waals surface area (Å²) in [6, 6.07) is 15.2. The highest BCUT2D eigenvalue weighted by Gasteiger charge is 2.14. The maximum Gasteiger partial charge on any atom is 0.244 e. The van der Waals surface area contributed by atoms with E-state index in [4.69, 9.17) is 0 Å². The fraction of sp³-hybridized carbons (Fsp3) is 0.286. The molecule has 0 aliphatic carbocycles. The molecule has 150 valence electrons. The van der Waals surface area contributed by atoms with Crippen LogP contribution in [-0.2, 0) is 14.8 Å². The average Bonchev–Trinajstić information content (AvgIpc) is 2.61. The number of benzene rings is 2.